The van der Waals surface area contributed by atoms with Crippen molar-refractivity contribution in [3.05, 3.63) is 59.4 Å². The quantitative estimate of drug-likeness (QED) is 0.940. The molecule has 0 atom stereocenters. The standard InChI is InChI=1S/C17H19N3O/c18-11-15-10-13(8-9-19-15)12-20-16-6-2-1-4-14(16)5-3-7-17(20)21/h1-2,4,6,8-10H,3,5,7,11-12,18H2. The van der Waals surface area contributed by atoms with Crippen molar-refractivity contribution >= 4 is 11.6 Å². The van der Waals surface area contributed by atoms with Crippen molar-refractivity contribution in [3.8, 4) is 0 Å². The average Bonchev–Trinajstić information content (AvgIpc) is 2.68. The van der Waals surface area contributed by atoms with Crippen molar-refractivity contribution in [3.63, 3.8) is 0 Å². The summed E-state index contributed by atoms with van der Waals surface area (Å²) in [4.78, 5) is 18.5. The summed E-state index contributed by atoms with van der Waals surface area (Å²) < 4.78 is 0. The van der Waals surface area contributed by atoms with Crippen molar-refractivity contribution < 1.29 is 4.79 Å². The van der Waals surface area contributed by atoms with E-state index in [0.717, 1.165) is 29.8 Å². The minimum Gasteiger partial charge on any atom is -0.325 e. The zero-order chi connectivity index (χ0) is 14.7. The second-order valence-corrected chi connectivity index (χ2v) is 5.32. The van der Waals surface area contributed by atoms with Gasteiger partial charge in [0.1, 0.15) is 0 Å². The van der Waals surface area contributed by atoms with E-state index in [4.69, 9.17) is 5.73 Å². The van der Waals surface area contributed by atoms with E-state index in [-0.39, 0.29) is 5.91 Å². The Bertz CT molecular complexity index is 654. The zero-order valence-electron chi connectivity index (χ0n) is 12.0. The van der Waals surface area contributed by atoms with Gasteiger partial charge in [0.2, 0.25) is 5.91 Å². The third-order valence-corrected chi connectivity index (χ3v) is 3.85. The Morgan fingerprint density at radius 1 is 1.19 bits per heavy atom. The van der Waals surface area contributed by atoms with Gasteiger partial charge in [0.15, 0.2) is 0 Å². The van der Waals surface area contributed by atoms with E-state index >= 15 is 0 Å². The van der Waals surface area contributed by atoms with Gasteiger partial charge in [0.05, 0.1) is 12.2 Å². The van der Waals surface area contributed by atoms with Gasteiger partial charge in [0, 0.05) is 24.8 Å². The molecule has 0 aliphatic carbocycles. The summed E-state index contributed by atoms with van der Waals surface area (Å²) in [6, 6.07) is 12.1. The lowest BCUT2D eigenvalue weighted by atomic mass is 10.1. The Labute approximate surface area is 124 Å². The van der Waals surface area contributed by atoms with Crippen LogP contribution in [0.2, 0.25) is 0 Å². The van der Waals surface area contributed by atoms with Crippen molar-refractivity contribution in [2.24, 2.45) is 5.73 Å². The van der Waals surface area contributed by atoms with Crippen LogP contribution in [0.25, 0.3) is 0 Å². The van der Waals surface area contributed by atoms with E-state index in [9.17, 15) is 4.79 Å². The van der Waals surface area contributed by atoms with E-state index in [0.29, 0.717) is 19.5 Å². The van der Waals surface area contributed by atoms with Crippen LogP contribution >= 0.6 is 0 Å². The molecule has 21 heavy (non-hydrogen) atoms. The molecule has 1 aliphatic rings. The van der Waals surface area contributed by atoms with Crippen LogP contribution in [0.3, 0.4) is 0 Å². The lowest BCUT2D eigenvalue weighted by molar-refractivity contribution is -0.118. The molecule has 0 radical (unpaired) electrons. The van der Waals surface area contributed by atoms with E-state index in [1.807, 2.05) is 35.2 Å². The molecule has 0 saturated heterocycles. The van der Waals surface area contributed by atoms with E-state index in [2.05, 4.69) is 11.1 Å². The Morgan fingerprint density at radius 2 is 2.05 bits per heavy atom. The summed E-state index contributed by atoms with van der Waals surface area (Å²) >= 11 is 0. The number of carbonyl (C=O) groups is 1. The number of hydrogen-bond donors (Lipinski definition) is 1. The summed E-state index contributed by atoms with van der Waals surface area (Å²) in [5.74, 6) is 0.186. The van der Waals surface area contributed by atoms with E-state index < -0.39 is 0 Å². The minimum absolute atomic E-state index is 0.186. The third kappa shape index (κ3) is 2.95. The maximum absolute atomic E-state index is 12.4. The van der Waals surface area contributed by atoms with Crippen LogP contribution in [0.1, 0.15) is 29.7 Å². The maximum Gasteiger partial charge on any atom is 0.227 e. The van der Waals surface area contributed by atoms with Crippen LogP contribution in [0.15, 0.2) is 42.6 Å². The molecule has 0 spiro atoms. The molecular formula is C17H19N3O. The topological polar surface area (TPSA) is 59.2 Å². The predicted octanol–water partition coefficient (Wildman–Crippen LogP) is 2.41. The van der Waals surface area contributed by atoms with E-state index in [1.54, 1.807) is 6.20 Å². The van der Waals surface area contributed by atoms with Gasteiger partial charge in [-0.05, 0) is 42.2 Å². The molecule has 3 rings (SSSR count). The fourth-order valence-electron chi connectivity index (χ4n) is 2.78. The molecule has 2 heterocycles. The molecule has 1 aliphatic heterocycles. The molecule has 1 aromatic heterocycles. The average molecular weight is 281 g/mol. The highest BCUT2D eigenvalue weighted by Gasteiger charge is 2.21. The molecule has 0 fully saturated rings. The number of hydrogen-bond acceptors (Lipinski definition) is 3. The van der Waals surface area contributed by atoms with Crippen molar-refractivity contribution in [1.29, 1.82) is 0 Å². The Balaban J connectivity index is 1.93. The number of aryl methyl sites for hydroxylation is 1. The summed E-state index contributed by atoms with van der Waals surface area (Å²) in [5, 5.41) is 0. The Kier molecular flexibility index (Phi) is 3.97. The van der Waals surface area contributed by atoms with Gasteiger partial charge in [-0.2, -0.15) is 0 Å². The summed E-state index contributed by atoms with van der Waals surface area (Å²) in [7, 11) is 0. The normalized spacial score (nSPS) is 14.7. The first-order valence-electron chi connectivity index (χ1n) is 7.30. The molecule has 108 valence electrons. The Hall–Kier alpha value is -2.20. The monoisotopic (exact) mass is 281 g/mol. The number of benzene rings is 1. The van der Waals surface area contributed by atoms with E-state index in [1.165, 1.54) is 5.56 Å². The second kappa shape index (κ2) is 6.06. The maximum atomic E-state index is 12.4. The first-order valence-corrected chi connectivity index (χ1v) is 7.30. The number of carbonyl (C=O) groups excluding carboxylic acids is 1. The highest BCUT2D eigenvalue weighted by atomic mass is 16.2. The van der Waals surface area contributed by atoms with Gasteiger partial charge >= 0.3 is 0 Å². The predicted molar refractivity (Wildman–Crippen MR) is 82.7 cm³/mol. The van der Waals surface area contributed by atoms with Crippen LogP contribution in [0.4, 0.5) is 5.69 Å². The molecule has 0 bridgehead atoms. The molecule has 0 saturated carbocycles. The summed E-state index contributed by atoms with van der Waals surface area (Å²) in [6.07, 6.45) is 4.23. The number of pyridine rings is 1. The van der Waals surface area contributed by atoms with Crippen molar-refractivity contribution in [2.45, 2.75) is 32.4 Å². The first kappa shape index (κ1) is 13.8. The molecular weight excluding hydrogens is 262 g/mol. The second-order valence-electron chi connectivity index (χ2n) is 5.32. The van der Waals surface area contributed by atoms with Gasteiger partial charge in [-0.1, -0.05) is 18.2 Å². The largest absolute Gasteiger partial charge is 0.325 e. The number of nitrogens with two attached hydrogens (primary N) is 1. The van der Waals surface area contributed by atoms with Gasteiger partial charge in [-0.25, -0.2) is 0 Å². The zero-order valence-corrected chi connectivity index (χ0v) is 12.0. The lowest BCUT2D eigenvalue weighted by Crippen LogP contribution is -2.29. The SMILES string of the molecule is NCc1cc(CN2C(=O)CCCc3ccccc32)ccn1. The van der Waals surface area contributed by atoms with Crippen LogP contribution in [0.5, 0.6) is 0 Å². The van der Waals surface area contributed by atoms with Gasteiger partial charge in [0.25, 0.3) is 0 Å². The van der Waals surface area contributed by atoms with Crippen LogP contribution in [0, 0.1) is 0 Å². The Morgan fingerprint density at radius 3 is 2.90 bits per heavy atom. The molecule has 1 amide bonds. The summed E-state index contributed by atoms with van der Waals surface area (Å²) in [6.45, 7) is 0.990. The number of amides is 1. The third-order valence-electron chi connectivity index (χ3n) is 3.85. The van der Waals surface area contributed by atoms with Crippen molar-refractivity contribution in [1.82, 2.24) is 4.98 Å². The number of rotatable bonds is 3. The number of nitrogens with zero attached hydrogens (tertiary/aromatic N) is 2. The van der Waals surface area contributed by atoms with Crippen LogP contribution in [-0.4, -0.2) is 10.9 Å². The summed E-state index contributed by atoms with van der Waals surface area (Å²) in [5.41, 5.74) is 9.83. The molecule has 2 N–H and O–H groups in total. The van der Waals surface area contributed by atoms with Crippen LogP contribution in [-0.2, 0) is 24.3 Å². The van der Waals surface area contributed by atoms with Crippen molar-refractivity contribution in [2.75, 3.05) is 4.90 Å². The molecule has 0 unspecified atom stereocenters. The fraction of sp³-hybridized carbons (Fsp3) is 0.294. The van der Waals surface area contributed by atoms with Gasteiger partial charge in [-0.3, -0.25) is 9.78 Å². The number of fused-ring (bicyclic) bond motifs is 1. The molecule has 1 aromatic carbocycles. The minimum atomic E-state index is 0.186. The molecule has 2 aromatic rings. The highest BCUT2D eigenvalue weighted by molar-refractivity contribution is 5.94. The van der Waals surface area contributed by atoms with Gasteiger partial charge in [-0.15, -0.1) is 0 Å². The molecule has 4 nitrogen and oxygen atoms in total. The first-order chi connectivity index (χ1) is 10.3. The number of aromatic nitrogens is 1. The highest BCUT2D eigenvalue weighted by Crippen LogP contribution is 2.28. The number of anilines is 1. The number of para-hydroxylation sites is 1. The van der Waals surface area contributed by atoms with Gasteiger partial charge < -0.3 is 10.6 Å². The van der Waals surface area contributed by atoms with Crippen LogP contribution < -0.4 is 10.6 Å². The smallest absolute Gasteiger partial charge is 0.227 e. The lowest BCUT2D eigenvalue weighted by Gasteiger charge is -2.23. The molecule has 4 heteroatoms. The fourth-order valence-corrected chi connectivity index (χ4v) is 2.78.